The Hall–Kier alpha value is -2.72. The number of aliphatic hydroxyl groups is 4. The number of aromatic nitrogens is 12. The van der Waals surface area contributed by atoms with Crippen LogP contribution in [0.25, 0.3) is 44.1 Å². The molecule has 15 N–H and O–H groups in total. The van der Waals surface area contributed by atoms with Gasteiger partial charge in [0.05, 0.1) is 60.2 Å². The Bertz CT molecular complexity index is 5500. The van der Waals surface area contributed by atoms with Crippen LogP contribution in [0.4, 0.5) is 23.8 Å². The predicted octanol–water partition coefficient (Wildman–Crippen LogP) is 12.3. The molecular formula is C79H130I4N16O21P2Si6. The first-order valence-corrected chi connectivity index (χ1v) is 61.7. The molecule has 0 aromatic carbocycles. The lowest BCUT2D eigenvalue weighted by Crippen LogP contribution is -2.65. The molecule has 37 nitrogen and oxygen atoms in total. The Kier molecular flexibility index (Phi) is 33.2. The highest BCUT2D eigenvalue weighted by atomic mass is 127. The largest absolute Gasteiger partial charge is 0.414 e. The van der Waals surface area contributed by atoms with Crippen LogP contribution >= 0.6 is 109 Å². The van der Waals surface area contributed by atoms with E-state index in [1.54, 1.807) is 24.0 Å². The number of hydrogen-bond donors (Lipinski definition) is 12. The summed E-state index contributed by atoms with van der Waals surface area (Å²) in [5.74, 6) is 0.444. The third-order valence-corrected chi connectivity index (χ3v) is 60.9. The number of ether oxygens (including phenoxy) is 4. The number of nitrogens with two attached hydrogens (primary N) is 3. The summed E-state index contributed by atoms with van der Waals surface area (Å²) in [4.78, 5) is 77.7. The summed E-state index contributed by atoms with van der Waals surface area (Å²) in [6.45, 7) is 48.8. The average Bonchev–Trinajstić information content (AvgIpc) is 1.50. The first kappa shape index (κ1) is 104. The molecule has 7 fully saturated rings. The zero-order chi connectivity index (χ0) is 94.5. The third kappa shape index (κ3) is 19.1. The van der Waals surface area contributed by atoms with E-state index in [2.05, 4.69) is 284 Å². The number of fused-ring (bicyclic) bond motifs is 7. The smallest absolute Gasteiger partial charge is 0.335 e. The number of hydrogen-bond acceptors (Lipinski definition) is 29. The molecule has 0 saturated carbocycles. The molecule has 8 aromatic heterocycles. The lowest BCUT2D eigenvalue weighted by Gasteiger charge is -2.51. The Morgan fingerprint density at radius 1 is 0.422 bits per heavy atom. The van der Waals surface area contributed by atoms with Crippen LogP contribution in [0.15, 0.2) is 44.0 Å². The molecular weight excluding hydrogens is 2250 g/mol. The van der Waals surface area contributed by atoms with E-state index in [1.807, 2.05) is 44.1 Å². The van der Waals surface area contributed by atoms with Gasteiger partial charge in [0.15, 0.2) is 35.0 Å². The van der Waals surface area contributed by atoms with Crippen LogP contribution < -0.4 is 44.8 Å². The van der Waals surface area contributed by atoms with Crippen molar-refractivity contribution in [3.8, 4) is 0 Å². The van der Waals surface area contributed by atoms with Crippen LogP contribution in [0.3, 0.4) is 0 Å². The van der Waals surface area contributed by atoms with Gasteiger partial charge in [-0.25, -0.2) is 0 Å². The SMILES string of the molecule is CC(C)[Si]1(C(C)C)OC[C@H]2O[C@@H](n3cc(I)c4c(=O)[nH]c(N)nc43)C(O)[C@H]2O[Si](C(C)C)(C(C)C)O1.CC[Si]1(C(C)C)OC[C@H]2O[C@@H](n3cc(I)c4c(=O)[nH]c(N)nc43)C(P)[C@H]2O[Si](C(C)C)(C(C)C)O1.CC[Si]1(C(C)C)OC[C@H]2O[C@@H](n3cc(I)c4c(=O)[nH]c(NC)nc43)C(P)[C@H]2O[Si](C(C)C)(C(C)C)O1.Nc1nc2c(c(I)cn2[C@@H]2O[C@H](CO)[C@H](O)C2O)c(=O)[nH]1. The van der Waals surface area contributed by atoms with Gasteiger partial charge in [-0.1, -0.05) is 152 Å². The number of aliphatic hydroxyl groups excluding tert-OH is 4. The molecule has 128 heavy (non-hydrogen) atoms. The van der Waals surface area contributed by atoms with E-state index in [0.717, 1.165) is 19.2 Å². The maximum atomic E-state index is 12.8. The van der Waals surface area contributed by atoms with Gasteiger partial charge in [0, 0.05) is 57.4 Å². The molecule has 8 aromatic rings. The number of nitrogen functional groups attached to an aromatic ring is 3. The van der Waals surface area contributed by atoms with Crippen molar-refractivity contribution in [2.45, 2.75) is 317 Å². The van der Waals surface area contributed by atoms with Crippen molar-refractivity contribution in [2.75, 3.05) is 56.0 Å². The highest BCUT2D eigenvalue weighted by Gasteiger charge is 2.65. The molecule has 0 radical (unpaired) electrons. The highest BCUT2D eigenvalue weighted by Crippen LogP contribution is 2.54. The Labute approximate surface area is 810 Å². The molecule has 15 rings (SSSR count). The number of halogens is 4. The standard InChI is InChI=1S/C23H39IN4O6Si2.C23H40IN4O5PSi2.C22H38IN4O5PSi2.C11H13IN4O5/c1-11(2)35(12(3)4)31-10-16-19(33-36(34-35,13(5)6)14(7)8)18(29)22(32-16)28-9-15(24)17-20(28)26-23(25)27-21(17)30;1-9-35(12(2)3)30-11-16-18(32-36(33-35,13(4)5)14(6)7)19(34)22(31-16)28-10-15(24)17-20(28)26-23(25-8)27-21(17)29;1-8-34(11(2)3)29-10-15-17(31-35(32-34,12(4)5)13(6)7)18(33)21(30-15)27-9-14(23)16-19(27)25-22(24)26-20(16)28;12-3-1-16(8-5(3)9(20)15-11(13)14-8)10-7(19)6(18)4(2-17)21-10/h9,11-14,16,18-19,22,29H,10H2,1-8H3,(H3,25,26,27,30);10,12-14,16,18-19,22H,9,11,34H2,1-8H3,(H2,25,26,27,29);9,11-13,15,17-18,21H,8,10,33H2,1-7H3,(H3,24,25,26,28);1,4,6-7,10,17-19H,2H2,(H3,13,14,15,20)/t16-,18?,19+,22-;16-,18+,19?,22-,35?;15-,17+,18?,21-,34?;4-,6+,7?,10-/m1111/s1. The van der Waals surface area contributed by atoms with E-state index in [9.17, 15) is 34.5 Å². The molecule has 15 heterocycles. The van der Waals surface area contributed by atoms with Gasteiger partial charge >= 0.3 is 51.4 Å². The van der Waals surface area contributed by atoms with Gasteiger partial charge in [-0.05, 0) is 158 Å². The van der Waals surface area contributed by atoms with Crippen molar-refractivity contribution < 1.29 is 78.3 Å². The molecule has 49 heteroatoms. The fourth-order valence-corrected chi connectivity index (χ4v) is 55.8. The van der Waals surface area contributed by atoms with Gasteiger partial charge in [-0.2, -0.15) is 19.9 Å². The number of rotatable bonds is 18. The number of H-pyrrole nitrogens is 4. The Morgan fingerprint density at radius 3 is 1.04 bits per heavy atom. The van der Waals surface area contributed by atoms with Crippen molar-refractivity contribution in [3.63, 3.8) is 0 Å². The summed E-state index contributed by atoms with van der Waals surface area (Å²) < 4.78 is 98.4. The highest BCUT2D eigenvalue weighted by molar-refractivity contribution is 14.1. The topological polar surface area (TPSA) is 494 Å². The van der Waals surface area contributed by atoms with Crippen LogP contribution in [0.5, 0.6) is 0 Å². The molecule has 7 aliphatic heterocycles. The van der Waals surface area contributed by atoms with Crippen LogP contribution in [0.2, 0.25) is 67.5 Å². The van der Waals surface area contributed by atoms with Gasteiger partial charge in [0.2, 0.25) is 23.8 Å². The monoisotopic (exact) mass is 2380 g/mol. The molecule has 7 aliphatic rings. The van der Waals surface area contributed by atoms with Gasteiger partial charge in [0.25, 0.3) is 22.2 Å². The lowest BCUT2D eigenvalue weighted by atomic mass is 10.1. The fraction of sp³-hybridized carbons (Fsp3) is 0.696. The molecule has 7 saturated heterocycles. The second-order valence-electron chi connectivity index (χ2n) is 37.2. The summed E-state index contributed by atoms with van der Waals surface area (Å²) >= 11 is 8.39. The molecule has 8 unspecified atom stereocenters. The molecule has 0 bridgehead atoms. The van der Waals surface area contributed by atoms with Crippen molar-refractivity contribution in [3.05, 3.63) is 80.5 Å². The van der Waals surface area contributed by atoms with E-state index < -0.39 is 119 Å². The Morgan fingerprint density at radius 2 is 0.719 bits per heavy atom. The number of nitrogens with zero attached hydrogens (tertiary/aromatic N) is 8. The first-order valence-electron chi connectivity index (χ1n) is 43.9. The second-order valence-corrected chi connectivity index (χ2v) is 69.4. The minimum atomic E-state index is -2.91. The van der Waals surface area contributed by atoms with Gasteiger partial charge in [-0.3, -0.25) is 39.1 Å². The number of anilines is 4. The molecule has 0 amide bonds. The zero-order valence-electron chi connectivity index (χ0n) is 76.8. The van der Waals surface area contributed by atoms with Crippen LogP contribution in [0, 0.1) is 14.3 Å². The molecule has 0 spiro atoms. The first-order chi connectivity index (χ1) is 59.9. The van der Waals surface area contributed by atoms with Gasteiger partial charge in [-0.15, -0.1) is 18.5 Å². The predicted molar refractivity (Wildman–Crippen MR) is 545 cm³/mol. The third-order valence-electron chi connectivity index (χ3n) is 26.1. The van der Waals surface area contributed by atoms with E-state index in [1.165, 1.54) is 4.57 Å². The van der Waals surface area contributed by atoms with Crippen LogP contribution in [-0.4, -0.2) is 236 Å². The second kappa shape index (κ2) is 40.8. The van der Waals surface area contributed by atoms with Crippen molar-refractivity contribution >= 4 is 228 Å². The molecule has 714 valence electrons. The number of aromatic amines is 4. The Balaban J connectivity index is 0.000000157. The number of nitrogens with one attached hydrogen (secondary N) is 5. The quantitative estimate of drug-likeness (QED) is 0.0216. The normalized spacial score (nSPS) is 30.0. The van der Waals surface area contributed by atoms with Gasteiger partial charge < -0.3 is 119 Å². The van der Waals surface area contributed by atoms with Crippen LogP contribution in [0.1, 0.15) is 177 Å². The lowest BCUT2D eigenvalue weighted by molar-refractivity contribution is -0.0568. The van der Waals surface area contributed by atoms with E-state index in [-0.39, 0.29) is 139 Å². The average molecular weight is 2380 g/mol. The van der Waals surface area contributed by atoms with E-state index in [4.69, 9.17) is 80.2 Å². The van der Waals surface area contributed by atoms with Crippen molar-refractivity contribution in [1.82, 2.24) is 58.1 Å². The fourth-order valence-electron chi connectivity index (χ4n) is 19.1. The van der Waals surface area contributed by atoms with Crippen LogP contribution in [-0.2, 0) is 57.8 Å². The summed E-state index contributed by atoms with van der Waals surface area (Å²) in [7, 11) is -8.56. The summed E-state index contributed by atoms with van der Waals surface area (Å²) in [6.07, 6.45) is -1.88. The summed E-state index contributed by atoms with van der Waals surface area (Å²) in [5.41, 5.74) is 19.9. The van der Waals surface area contributed by atoms with E-state index in [0.29, 0.717) is 70.3 Å². The van der Waals surface area contributed by atoms with Crippen molar-refractivity contribution in [1.29, 1.82) is 0 Å². The molecule has 0 aliphatic carbocycles. The zero-order valence-corrected chi connectivity index (χ0v) is 93.7. The molecule has 20 atom stereocenters. The maximum Gasteiger partial charge on any atom is 0.335 e. The summed E-state index contributed by atoms with van der Waals surface area (Å²) in [6, 6.07) is 1.73. The minimum absolute atomic E-state index is 0.00502. The van der Waals surface area contributed by atoms with Gasteiger partial charge in [0.1, 0.15) is 61.3 Å². The summed E-state index contributed by atoms with van der Waals surface area (Å²) in [5, 5.41) is 45.4. The van der Waals surface area contributed by atoms with E-state index >= 15 is 0 Å². The minimum Gasteiger partial charge on any atom is -0.414 e. The maximum absolute atomic E-state index is 12.8. The van der Waals surface area contributed by atoms with Crippen molar-refractivity contribution in [2.24, 2.45) is 0 Å².